The Morgan fingerprint density at radius 2 is 1.29 bits per heavy atom. The molecule has 0 N–H and O–H groups in total. The predicted octanol–water partition coefficient (Wildman–Crippen LogP) is 3.60. The van der Waals surface area contributed by atoms with Crippen LogP contribution in [0.3, 0.4) is 0 Å². The lowest BCUT2D eigenvalue weighted by atomic mass is 9.95. The summed E-state index contributed by atoms with van der Waals surface area (Å²) in [6.45, 7) is 0.661. The van der Waals surface area contributed by atoms with Crippen LogP contribution in [0.4, 0.5) is 0 Å². The van der Waals surface area contributed by atoms with Crippen molar-refractivity contribution < 1.29 is 18.9 Å². The van der Waals surface area contributed by atoms with Gasteiger partial charge in [-0.15, -0.1) is 0 Å². The first-order valence-electron chi connectivity index (χ1n) is 9.73. The maximum atomic E-state index is 6.01. The fourth-order valence-electron chi connectivity index (χ4n) is 3.01. The van der Waals surface area contributed by atoms with Gasteiger partial charge in [0.2, 0.25) is 5.88 Å². The summed E-state index contributed by atoms with van der Waals surface area (Å²) in [5.41, 5.74) is 3.22. The molecule has 0 saturated heterocycles. The Balaban J connectivity index is 1.55. The van der Waals surface area contributed by atoms with Crippen molar-refractivity contribution in [3.8, 4) is 23.4 Å². The van der Waals surface area contributed by atoms with Crippen LogP contribution in [0.1, 0.15) is 11.1 Å². The third-order valence-electron chi connectivity index (χ3n) is 4.73. The summed E-state index contributed by atoms with van der Waals surface area (Å²) in [4.78, 5) is 8.97. The van der Waals surface area contributed by atoms with Crippen molar-refractivity contribution in [1.29, 1.82) is 0 Å². The molecular formula is C24H21BN2O4. The number of hydrogen-bond donors (Lipinski definition) is 0. The summed E-state index contributed by atoms with van der Waals surface area (Å²) in [6.07, 6.45) is 0. The van der Waals surface area contributed by atoms with Crippen LogP contribution in [0.2, 0.25) is 0 Å². The monoisotopic (exact) mass is 412 g/mol. The Morgan fingerprint density at radius 3 is 1.87 bits per heavy atom. The average molecular weight is 412 g/mol. The molecule has 31 heavy (non-hydrogen) atoms. The first-order valence-corrected chi connectivity index (χ1v) is 9.73. The molecule has 154 valence electrons. The SMILES string of the molecule is [B]c1ccc2c(OCc3ccc(OC)cc3)nc(OCc3ccc(OC)cc3)nc2c1. The molecule has 6 nitrogen and oxygen atoms in total. The number of benzene rings is 3. The van der Waals surface area contributed by atoms with E-state index in [9.17, 15) is 0 Å². The molecule has 7 heteroatoms. The molecule has 0 bridgehead atoms. The summed E-state index contributed by atoms with van der Waals surface area (Å²) in [5.74, 6) is 2.02. The highest BCUT2D eigenvalue weighted by Crippen LogP contribution is 2.26. The van der Waals surface area contributed by atoms with Gasteiger partial charge in [0, 0.05) is 0 Å². The summed E-state index contributed by atoms with van der Waals surface area (Å²) in [5, 5.41) is 0.763. The first kappa shape index (κ1) is 20.5. The van der Waals surface area contributed by atoms with E-state index >= 15 is 0 Å². The van der Waals surface area contributed by atoms with Gasteiger partial charge in [0.1, 0.15) is 32.6 Å². The fourth-order valence-corrected chi connectivity index (χ4v) is 3.01. The molecule has 0 amide bonds. The zero-order chi connectivity index (χ0) is 21.6. The molecule has 1 heterocycles. The van der Waals surface area contributed by atoms with Gasteiger partial charge < -0.3 is 18.9 Å². The van der Waals surface area contributed by atoms with E-state index < -0.39 is 0 Å². The van der Waals surface area contributed by atoms with Crippen LogP contribution in [0, 0.1) is 0 Å². The van der Waals surface area contributed by atoms with Crippen LogP contribution < -0.4 is 24.4 Å². The lowest BCUT2D eigenvalue weighted by molar-refractivity contribution is 0.262. The van der Waals surface area contributed by atoms with Gasteiger partial charge in [0.15, 0.2) is 0 Å². The van der Waals surface area contributed by atoms with Crippen molar-refractivity contribution in [2.24, 2.45) is 0 Å². The highest BCUT2D eigenvalue weighted by molar-refractivity contribution is 6.33. The minimum Gasteiger partial charge on any atom is -0.497 e. The lowest BCUT2D eigenvalue weighted by Crippen LogP contribution is -2.06. The van der Waals surface area contributed by atoms with Crippen molar-refractivity contribution in [1.82, 2.24) is 9.97 Å². The molecule has 4 aromatic rings. The number of nitrogens with zero attached hydrogens (tertiary/aromatic N) is 2. The van der Waals surface area contributed by atoms with Gasteiger partial charge in [-0.05, 0) is 47.5 Å². The van der Waals surface area contributed by atoms with Gasteiger partial charge in [0.05, 0.1) is 25.1 Å². The van der Waals surface area contributed by atoms with Crippen LogP contribution in [-0.2, 0) is 13.2 Å². The zero-order valence-corrected chi connectivity index (χ0v) is 17.4. The predicted molar refractivity (Wildman–Crippen MR) is 120 cm³/mol. The molecule has 4 rings (SSSR count). The average Bonchev–Trinajstić information content (AvgIpc) is 2.81. The van der Waals surface area contributed by atoms with Crippen LogP contribution in [0.5, 0.6) is 23.4 Å². The van der Waals surface area contributed by atoms with Gasteiger partial charge >= 0.3 is 6.01 Å². The minimum atomic E-state index is 0.221. The Hall–Kier alpha value is -3.74. The van der Waals surface area contributed by atoms with Gasteiger partial charge in [-0.25, -0.2) is 0 Å². The van der Waals surface area contributed by atoms with Crippen molar-refractivity contribution in [2.45, 2.75) is 13.2 Å². The molecule has 0 fully saturated rings. The summed E-state index contributed by atoms with van der Waals surface area (Å²) in [7, 11) is 9.21. The molecular weight excluding hydrogens is 391 g/mol. The number of hydrogen-bond acceptors (Lipinski definition) is 6. The third kappa shape index (κ3) is 5.06. The molecule has 0 aliphatic rings. The van der Waals surface area contributed by atoms with E-state index in [0.717, 1.165) is 28.0 Å². The molecule has 0 saturated carbocycles. The molecule has 3 aromatic carbocycles. The molecule has 1 aromatic heterocycles. The summed E-state index contributed by atoms with van der Waals surface area (Å²) < 4.78 is 22.2. The second kappa shape index (κ2) is 9.39. The second-order valence-corrected chi connectivity index (χ2v) is 6.86. The summed E-state index contributed by atoms with van der Waals surface area (Å²) >= 11 is 0. The number of rotatable bonds is 8. The van der Waals surface area contributed by atoms with Gasteiger partial charge in [-0.3, -0.25) is 0 Å². The number of fused-ring (bicyclic) bond motifs is 1. The van der Waals surface area contributed by atoms with E-state index in [1.54, 1.807) is 26.4 Å². The van der Waals surface area contributed by atoms with Crippen LogP contribution in [0.25, 0.3) is 10.9 Å². The van der Waals surface area contributed by atoms with Gasteiger partial charge in [0.25, 0.3) is 0 Å². The van der Waals surface area contributed by atoms with Crippen molar-refractivity contribution in [3.63, 3.8) is 0 Å². The molecule has 0 atom stereocenters. The smallest absolute Gasteiger partial charge is 0.320 e. The number of aromatic nitrogens is 2. The largest absolute Gasteiger partial charge is 0.497 e. The van der Waals surface area contributed by atoms with E-state index in [1.807, 2.05) is 54.6 Å². The quantitative estimate of drug-likeness (QED) is 0.412. The molecule has 0 spiro atoms. The number of ether oxygens (including phenoxy) is 4. The normalized spacial score (nSPS) is 10.6. The maximum Gasteiger partial charge on any atom is 0.320 e. The Morgan fingerprint density at radius 1 is 0.710 bits per heavy atom. The minimum absolute atomic E-state index is 0.221. The topological polar surface area (TPSA) is 62.7 Å². The van der Waals surface area contributed by atoms with Crippen molar-refractivity contribution in [3.05, 3.63) is 77.9 Å². The molecule has 0 aliphatic heterocycles. The maximum absolute atomic E-state index is 6.01. The van der Waals surface area contributed by atoms with Crippen molar-refractivity contribution in [2.75, 3.05) is 14.2 Å². The zero-order valence-electron chi connectivity index (χ0n) is 17.4. The molecule has 0 unspecified atom stereocenters. The fraction of sp³-hybridized carbons (Fsp3) is 0.167. The van der Waals surface area contributed by atoms with Crippen LogP contribution in [0.15, 0.2) is 66.7 Å². The Kier molecular flexibility index (Phi) is 6.22. The van der Waals surface area contributed by atoms with E-state index in [4.69, 9.17) is 26.8 Å². The van der Waals surface area contributed by atoms with E-state index in [-0.39, 0.29) is 6.01 Å². The number of methoxy groups -OCH3 is 2. The first-order chi connectivity index (χ1) is 15.1. The van der Waals surface area contributed by atoms with Gasteiger partial charge in [-0.1, -0.05) is 35.8 Å². The second-order valence-electron chi connectivity index (χ2n) is 6.86. The van der Waals surface area contributed by atoms with E-state index in [2.05, 4.69) is 9.97 Å². The van der Waals surface area contributed by atoms with E-state index in [0.29, 0.717) is 30.1 Å². The highest BCUT2D eigenvalue weighted by Gasteiger charge is 2.11. The van der Waals surface area contributed by atoms with Crippen LogP contribution >= 0.6 is 0 Å². The molecule has 0 aliphatic carbocycles. The van der Waals surface area contributed by atoms with Crippen LogP contribution in [-0.4, -0.2) is 32.0 Å². The Bertz CT molecular complexity index is 1160. The third-order valence-corrected chi connectivity index (χ3v) is 4.73. The van der Waals surface area contributed by atoms with Crippen molar-refractivity contribution >= 4 is 24.2 Å². The summed E-state index contributed by atoms with van der Waals surface area (Å²) in [6, 6.07) is 20.9. The highest BCUT2D eigenvalue weighted by atomic mass is 16.5. The standard InChI is InChI=1S/C24H21BN2O4/c1-28-19-8-3-16(4-9-19)14-30-23-21-12-7-18(25)13-22(21)26-24(27-23)31-15-17-5-10-20(29-2)11-6-17/h3-13H,14-15H2,1-2H3. The molecule has 2 radical (unpaired) electrons. The van der Waals surface area contributed by atoms with E-state index in [1.165, 1.54) is 0 Å². The Labute approximate surface area is 182 Å². The lowest BCUT2D eigenvalue weighted by Gasteiger charge is -2.12. The van der Waals surface area contributed by atoms with Gasteiger partial charge in [-0.2, -0.15) is 9.97 Å².